The van der Waals surface area contributed by atoms with Gasteiger partial charge in [-0.2, -0.15) is 0 Å². The Balaban J connectivity index is 1.16. The number of carbonyl (C=O) groups excluding carboxylic acids is 1. The van der Waals surface area contributed by atoms with Crippen molar-refractivity contribution in [1.29, 1.82) is 0 Å². The van der Waals surface area contributed by atoms with Crippen molar-refractivity contribution in [3.63, 3.8) is 0 Å². The van der Waals surface area contributed by atoms with Gasteiger partial charge in [0, 0.05) is 42.6 Å². The highest BCUT2D eigenvalue weighted by atomic mass is 35.5. The lowest BCUT2D eigenvalue weighted by atomic mass is 10.1. The summed E-state index contributed by atoms with van der Waals surface area (Å²) in [6.45, 7) is 4.68. The van der Waals surface area contributed by atoms with Crippen LogP contribution in [0.1, 0.15) is 35.4 Å². The van der Waals surface area contributed by atoms with Gasteiger partial charge in [-0.15, -0.1) is 0 Å². The third-order valence-corrected chi connectivity index (χ3v) is 6.52. The van der Waals surface area contributed by atoms with Gasteiger partial charge in [-0.3, -0.25) is 9.69 Å². The maximum absolute atomic E-state index is 12.5. The van der Waals surface area contributed by atoms with Gasteiger partial charge in [0.25, 0.3) is 5.91 Å². The average molecular weight is 454 g/mol. The first kappa shape index (κ1) is 21.3. The number of piperidine rings is 1. The molecule has 1 atom stereocenters. The van der Waals surface area contributed by atoms with Crippen LogP contribution in [0.4, 0.5) is 0 Å². The van der Waals surface area contributed by atoms with Gasteiger partial charge < -0.3 is 19.8 Å². The molecule has 2 saturated heterocycles. The third kappa shape index (κ3) is 5.09. The molecule has 0 saturated carbocycles. The van der Waals surface area contributed by atoms with E-state index in [1.165, 1.54) is 5.56 Å². The SMILES string of the molecule is O=C(N[C@H]1CCNC1)c1cc2cc(OC3CCN(Cc4ccc(Cl)cc4)CC3)ccc2o1. The summed E-state index contributed by atoms with van der Waals surface area (Å²) in [5.41, 5.74) is 1.98. The molecule has 1 amide bonds. The molecule has 2 aliphatic rings. The van der Waals surface area contributed by atoms with Gasteiger partial charge >= 0.3 is 0 Å². The van der Waals surface area contributed by atoms with Crippen LogP contribution in [0, 0.1) is 0 Å². The van der Waals surface area contributed by atoms with Gasteiger partial charge in [-0.05, 0) is 67.8 Å². The van der Waals surface area contributed by atoms with E-state index in [2.05, 4.69) is 27.7 Å². The van der Waals surface area contributed by atoms with Gasteiger partial charge in [0.15, 0.2) is 5.76 Å². The van der Waals surface area contributed by atoms with Crippen LogP contribution in [0.2, 0.25) is 5.02 Å². The highest BCUT2D eigenvalue weighted by Crippen LogP contribution is 2.27. The number of carbonyl (C=O) groups is 1. The molecule has 2 aromatic carbocycles. The van der Waals surface area contributed by atoms with Crippen LogP contribution >= 0.6 is 11.6 Å². The maximum atomic E-state index is 12.5. The summed E-state index contributed by atoms with van der Waals surface area (Å²) in [5.74, 6) is 1.01. The third-order valence-electron chi connectivity index (χ3n) is 6.26. The van der Waals surface area contributed by atoms with E-state index in [4.69, 9.17) is 20.8 Å². The van der Waals surface area contributed by atoms with Crippen LogP contribution in [0.3, 0.4) is 0 Å². The molecule has 3 aromatic rings. The molecule has 0 aliphatic carbocycles. The minimum Gasteiger partial charge on any atom is -0.490 e. The Morgan fingerprint density at radius 1 is 1.12 bits per heavy atom. The molecule has 0 unspecified atom stereocenters. The normalized spacial score (nSPS) is 20.0. The van der Waals surface area contributed by atoms with Crippen molar-refractivity contribution in [1.82, 2.24) is 15.5 Å². The Bertz CT molecular complexity index is 1070. The first-order valence-electron chi connectivity index (χ1n) is 11.3. The predicted molar refractivity (Wildman–Crippen MR) is 125 cm³/mol. The molecule has 2 N–H and O–H groups in total. The Morgan fingerprint density at radius 2 is 1.94 bits per heavy atom. The topological polar surface area (TPSA) is 66.7 Å². The second kappa shape index (κ2) is 9.53. The lowest BCUT2D eigenvalue weighted by Crippen LogP contribution is -2.37. The molecular weight excluding hydrogens is 426 g/mol. The summed E-state index contributed by atoms with van der Waals surface area (Å²) in [6.07, 6.45) is 3.11. The zero-order chi connectivity index (χ0) is 21.9. The number of hydrogen-bond acceptors (Lipinski definition) is 5. The summed E-state index contributed by atoms with van der Waals surface area (Å²) >= 11 is 5.98. The van der Waals surface area contributed by atoms with Gasteiger partial charge in [-0.1, -0.05) is 23.7 Å². The molecule has 6 nitrogen and oxygen atoms in total. The second-order valence-electron chi connectivity index (χ2n) is 8.69. The van der Waals surface area contributed by atoms with Crippen LogP contribution in [0.25, 0.3) is 11.0 Å². The van der Waals surface area contributed by atoms with E-state index in [0.717, 1.165) is 68.1 Å². The molecule has 2 aliphatic heterocycles. The highest BCUT2D eigenvalue weighted by Gasteiger charge is 2.22. The highest BCUT2D eigenvalue weighted by molar-refractivity contribution is 6.30. The van der Waals surface area contributed by atoms with E-state index in [0.29, 0.717) is 11.3 Å². The van der Waals surface area contributed by atoms with Crippen molar-refractivity contribution in [3.05, 3.63) is 64.9 Å². The number of nitrogens with one attached hydrogen (secondary N) is 2. The lowest BCUT2D eigenvalue weighted by Gasteiger charge is -2.32. The number of furan rings is 1. The number of amides is 1. The monoisotopic (exact) mass is 453 g/mol. The fraction of sp³-hybridized carbons (Fsp3) is 0.400. The number of rotatable bonds is 6. The summed E-state index contributed by atoms with van der Waals surface area (Å²) in [5, 5.41) is 7.93. The van der Waals surface area contributed by atoms with E-state index in [1.54, 1.807) is 6.07 Å². The predicted octanol–water partition coefficient (Wildman–Crippen LogP) is 4.22. The van der Waals surface area contributed by atoms with Gasteiger partial charge in [0.2, 0.25) is 0 Å². The van der Waals surface area contributed by atoms with Crippen LogP contribution in [0.5, 0.6) is 5.75 Å². The largest absolute Gasteiger partial charge is 0.490 e. The Labute approximate surface area is 192 Å². The first-order valence-corrected chi connectivity index (χ1v) is 11.7. The van der Waals surface area contributed by atoms with Crippen LogP contribution in [-0.2, 0) is 6.54 Å². The van der Waals surface area contributed by atoms with Gasteiger partial charge in [0.1, 0.15) is 17.4 Å². The first-order chi connectivity index (χ1) is 15.6. The minimum absolute atomic E-state index is 0.162. The van der Waals surface area contributed by atoms with E-state index in [9.17, 15) is 4.79 Å². The zero-order valence-electron chi connectivity index (χ0n) is 18.0. The molecule has 5 rings (SSSR count). The number of hydrogen-bond donors (Lipinski definition) is 2. The number of benzene rings is 2. The summed E-state index contributed by atoms with van der Waals surface area (Å²) in [6, 6.07) is 15.8. The average Bonchev–Trinajstić information content (AvgIpc) is 3.46. The van der Waals surface area contributed by atoms with Gasteiger partial charge in [0.05, 0.1) is 0 Å². The fourth-order valence-electron chi connectivity index (χ4n) is 4.47. The van der Waals surface area contributed by atoms with E-state index in [-0.39, 0.29) is 18.1 Å². The second-order valence-corrected chi connectivity index (χ2v) is 9.13. The van der Waals surface area contributed by atoms with E-state index >= 15 is 0 Å². The number of nitrogens with zero attached hydrogens (tertiary/aromatic N) is 1. The number of fused-ring (bicyclic) bond motifs is 1. The molecule has 7 heteroatoms. The Kier molecular flexibility index (Phi) is 6.35. The Hall–Kier alpha value is -2.54. The number of ether oxygens (including phenoxy) is 1. The smallest absolute Gasteiger partial charge is 0.287 e. The van der Waals surface area contributed by atoms with E-state index < -0.39 is 0 Å². The quantitative estimate of drug-likeness (QED) is 0.585. The molecular formula is C25H28ClN3O3. The lowest BCUT2D eigenvalue weighted by molar-refractivity contribution is 0.0914. The fourth-order valence-corrected chi connectivity index (χ4v) is 4.59. The Morgan fingerprint density at radius 3 is 2.69 bits per heavy atom. The molecule has 0 bridgehead atoms. The van der Waals surface area contributed by atoms with Crippen molar-refractivity contribution < 1.29 is 13.9 Å². The van der Waals surface area contributed by atoms with Crippen LogP contribution in [0.15, 0.2) is 52.9 Å². The minimum atomic E-state index is -0.162. The molecule has 32 heavy (non-hydrogen) atoms. The molecule has 0 spiro atoms. The van der Waals surface area contributed by atoms with E-state index in [1.807, 2.05) is 30.3 Å². The van der Waals surface area contributed by atoms with Crippen molar-refractivity contribution in [2.75, 3.05) is 26.2 Å². The van der Waals surface area contributed by atoms with Crippen LogP contribution in [-0.4, -0.2) is 49.1 Å². The maximum Gasteiger partial charge on any atom is 0.287 e. The summed E-state index contributed by atoms with van der Waals surface area (Å²) < 4.78 is 12.0. The van der Waals surface area contributed by atoms with Crippen molar-refractivity contribution >= 4 is 28.5 Å². The molecule has 3 heterocycles. The van der Waals surface area contributed by atoms with Crippen molar-refractivity contribution in [3.8, 4) is 5.75 Å². The molecule has 168 valence electrons. The van der Waals surface area contributed by atoms with Crippen molar-refractivity contribution in [2.24, 2.45) is 0 Å². The zero-order valence-corrected chi connectivity index (χ0v) is 18.7. The number of likely N-dealkylation sites (tertiary alicyclic amines) is 1. The number of halogens is 1. The van der Waals surface area contributed by atoms with Crippen LogP contribution < -0.4 is 15.4 Å². The summed E-state index contributed by atoms with van der Waals surface area (Å²) in [4.78, 5) is 14.9. The standard InChI is InChI=1S/C25H28ClN3O3/c26-19-3-1-17(2-4-19)16-29-11-8-21(9-12-29)31-22-5-6-23-18(13-22)14-24(32-23)25(30)28-20-7-10-27-15-20/h1-6,13-14,20-21,27H,7-12,15-16H2,(H,28,30)/t20-/m0/s1. The van der Waals surface area contributed by atoms with Crippen molar-refractivity contribution in [2.45, 2.75) is 38.0 Å². The molecule has 0 radical (unpaired) electrons. The van der Waals surface area contributed by atoms with Gasteiger partial charge in [-0.25, -0.2) is 0 Å². The molecule has 1 aromatic heterocycles. The molecule has 2 fully saturated rings. The summed E-state index contributed by atoms with van der Waals surface area (Å²) in [7, 11) is 0.